The number of nitrogens with zero attached hydrogens (tertiary/aromatic N) is 3. The molecule has 0 radical (unpaired) electrons. The number of halogens is 1. The lowest BCUT2D eigenvalue weighted by atomic mass is 9.93. The van der Waals surface area contributed by atoms with Crippen molar-refractivity contribution >= 4 is 5.91 Å². The molecular formula is C23H34FN3O. The quantitative estimate of drug-likeness (QED) is 0.745. The van der Waals surface area contributed by atoms with E-state index in [1.807, 2.05) is 12.1 Å². The first-order valence-electron chi connectivity index (χ1n) is 11.2. The summed E-state index contributed by atoms with van der Waals surface area (Å²) in [5.41, 5.74) is 1.02. The van der Waals surface area contributed by atoms with Crippen molar-refractivity contribution in [2.45, 2.75) is 70.0 Å². The number of rotatable bonds is 6. The van der Waals surface area contributed by atoms with Crippen LogP contribution in [0.3, 0.4) is 0 Å². The van der Waals surface area contributed by atoms with Crippen molar-refractivity contribution in [3.8, 4) is 0 Å². The summed E-state index contributed by atoms with van der Waals surface area (Å²) in [7, 11) is 0. The van der Waals surface area contributed by atoms with Crippen LogP contribution in [0.25, 0.3) is 0 Å². The molecule has 0 N–H and O–H groups in total. The van der Waals surface area contributed by atoms with Gasteiger partial charge in [0.1, 0.15) is 5.82 Å². The molecule has 4 rings (SSSR count). The van der Waals surface area contributed by atoms with Crippen LogP contribution in [0, 0.1) is 5.82 Å². The van der Waals surface area contributed by atoms with Crippen molar-refractivity contribution in [1.29, 1.82) is 0 Å². The second-order valence-corrected chi connectivity index (χ2v) is 8.86. The second kappa shape index (κ2) is 9.36. The van der Waals surface area contributed by atoms with Crippen LogP contribution in [0.5, 0.6) is 0 Å². The molecule has 5 heteroatoms. The normalized spacial score (nSPS) is 24.7. The smallest absolute Gasteiger partial charge is 0.237 e. The number of benzene rings is 1. The summed E-state index contributed by atoms with van der Waals surface area (Å²) >= 11 is 0. The highest BCUT2D eigenvalue weighted by molar-refractivity contribution is 5.78. The largest absolute Gasteiger partial charge is 0.334 e. The summed E-state index contributed by atoms with van der Waals surface area (Å²) in [5, 5.41) is 0. The molecule has 1 aliphatic carbocycles. The molecular weight excluding hydrogens is 353 g/mol. The van der Waals surface area contributed by atoms with Gasteiger partial charge < -0.3 is 4.90 Å². The topological polar surface area (TPSA) is 26.8 Å². The van der Waals surface area contributed by atoms with E-state index >= 15 is 0 Å². The maximum Gasteiger partial charge on any atom is 0.237 e. The van der Waals surface area contributed by atoms with Crippen molar-refractivity contribution in [3.05, 3.63) is 35.6 Å². The van der Waals surface area contributed by atoms with Crippen LogP contribution in [-0.2, 0) is 11.3 Å². The SMILES string of the molecule is O=C(CN1CCC(N2CCCC2)C1)N(Cc1ccc(F)cc1)C1CCCCC1. The van der Waals surface area contributed by atoms with E-state index in [2.05, 4.69) is 14.7 Å². The predicted octanol–water partition coefficient (Wildman–Crippen LogP) is 3.66. The maximum absolute atomic E-state index is 13.3. The zero-order chi connectivity index (χ0) is 19.3. The molecule has 28 heavy (non-hydrogen) atoms. The maximum atomic E-state index is 13.3. The zero-order valence-electron chi connectivity index (χ0n) is 17.0. The van der Waals surface area contributed by atoms with Crippen molar-refractivity contribution < 1.29 is 9.18 Å². The first kappa shape index (κ1) is 19.8. The Morgan fingerprint density at radius 3 is 2.39 bits per heavy atom. The molecule has 1 unspecified atom stereocenters. The van der Waals surface area contributed by atoms with Gasteiger partial charge in [0.15, 0.2) is 0 Å². The number of carbonyl (C=O) groups excluding carboxylic acids is 1. The van der Waals surface area contributed by atoms with Crippen LogP contribution >= 0.6 is 0 Å². The summed E-state index contributed by atoms with van der Waals surface area (Å²) in [6.07, 6.45) is 9.72. The Kier molecular flexibility index (Phi) is 6.63. The molecule has 3 aliphatic rings. The van der Waals surface area contributed by atoms with Gasteiger partial charge in [0, 0.05) is 31.7 Å². The summed E-state index contributed by atoms with van der Waals surface area (Å²) in [6, 6.07) is 7.61. The van der Waals surface area contributed by atoms with Crippen LogP contribution in [0.4, 0.5) is 4.39 Å². The van der Waals surface area contributed by atoms with Crippen molar-refractivity contribution in [2.24, 2.45) is 0 Å². The van der Waals surface area contributed by atoms with Gasteiger partial charge in [-0.05, 0) is 62.9 Å². The Morgan fingerprint density at radius 2 is 1.68 bits per heavy atom. The number of likely N-dealkylation sites (tertiary alicyclic amines) is 2. The Morgan fingerprint density at radius 1 is 0.964 bits per heavy atom. The van der Waals surface area contributed by atoms with Crippen LogP contribution in [-0.4, -0.2) is 65.4 Å². The van der Waals surface area contributed by atoms with Crippen LogP contribution < -0.4 is 0 Å². The van der Waals surface area contributed by atoms with Crippen molar-refractivity contribution in [2.75, 3.05) is 32.7 Å². The minimum Gasteiger partial charge on any atom is -0.334 e. The lowest BCUT2D eigenvalue weighted by molar-refractivity contribution is -0.136. The molecule has 3 fully saturated rings. The van der Waals surface area contributed by atoms with Gasteiger partial charge in [0.25, 0.3) is 0 Å². The van der Waals surface area contributed by atoms with Gasteiger partial charge in [-0.1, -0.05) is 31.4 Å². The summed E-state index contributed by atoms with van der Waals surface area (Å²) in [4.78, 5) is 20.4. The van der Waals surface area contributed by atoms with E-state index < -0.39 is 0 Å². The van der Waals surface area contributed by atoms with Gasteiger partial charge in [0.05, 0.1) is 6.54 Å². The molecule has 2 aliphatic heterocycles. The Balaban J connectivity index is 1.38. The van der Waals surface area contributed by atoms with Gasteiger partial charge in [-0.3, -0.25) is 14.6 Å². The van der Waals surface area contributed by atoms with Gasteiger partial charge in [-0.15, -0.1) is 0 Å². The Hall–Kier alpha value is -1.46. The van der Waals surface area contributed by atoms with Gasteiger partial charge >= 0.3 is 0 Å². The van der Waals surface area contributed by atoms with E-state index in [0.717, 1.165) is 31.5 Å². The Labute approximate surface area is 168 Å². The number of carbonyl (C=O) groups is 1. The minimum absolute atomic E-state index is 0.218. The van der Waals surface area contributed by atoms with Gasteiger partial charge in [-0.2, -0.15) is 0 Å². The molecule has 4 nitrogen and oxygen atoms in total. The van der Waals surface area contributed by atoms with Gasteiger partial charge in [-0.25, -0.2) is 4.39 Å². The Bertz CT molecular complexity index is 638. The molecule has 0 bridgehead atoms. The van der Waals surface area contributed by atoms with E-state index in [0.29, 0.717) is 25.2 Å². The fraction of sp³-hybridized carbons (Fsp3) is 0.696. The van der Waals surface area contributed by atoms with Crippen LogP contribution in [0.1, 0.15) is 56.9 Å². The highest BCUT2D eigenvalue weighted by atomic mass is 19.1. The molecule has 1 atom stereocenters. The first-order chi connectivity index (χ1) is 13.7. The average molecular weight is 388 g/mol. The average Bonchev–Trinajstić information content (AvgIpc) is 3.40. The summed E-state index contributed by atoms with van der Waals surface area (Å²) in [5.74, 6) is 0.0302. The monoisotopic (exact) mass is 387 g/mol. The van der Waals surface area contributed by atoms with E-state index in [1.165, 1.54) is 63.7 Å². The van der Waals surface area contributed by atoms with Crippen molar-refractivity contribution in [3.63, 3.8) is 0 Å². The zero-order valence-corrected chi connectivity index (χ0v) is 17.0. The number of amides is 1. The molecule has 2 heterocycles. The highest BCUT2D eigenvalue weighted by Gasteiger charge is 2.32. The lowest BCUT2D eigenvalue weighted by Gasteiger charge is -2.35. The van der Waals surface area contributed by atoms with E-state index in [9.17, 15) is 9.18 Å². The molecule has 0 spiro atoms. The summed E-state index contributed by atoms with van der Waals surface area (Å²) < 4.78 is 13.3. The number of hydrogen-bond donors (Lipinski definition) is 0. The predicted molar refractivity (Wildman–Crippen MR) is 109 cm³/mol. The molecule has 2 saturated heterocycles. The fourth-order valence-electron chi connectivity index (χ4n) is 5.24. The molecule has 0 aromatic heterocycles. The third kappa shape index (κ3) is 4.93. The van der Waals surface area contributed by atoms with Crippen molar-refractivity contribution in [1.82, 2.24) is 14.7 Å². The summed E-state index contributed by atoms with van der Waals surface area (Å²) in [6.45, 7) is 5.65. The molecule has 1 saturated carbocycles. The van der Waals surface area contributed by atoms with Gasteiger partial charge in [0.2, 0.25) is 5.91 Å². The lowest BCUT2D eigenvalue weighted by Crippen LogP contribution is -2.46. The molecule has 1 aromatic carbocycles. The highest BCUT2D eigenvalue weighted by Crippen LogP contribution is 2.25. The fourth-order valence-corrected chi connectivity index (χ4v) is 5.24. The first-order valence-corrected chi connectivity index (χ1v) is 11.2. The third-order valence-corrected chi connectivity index (χ3v) is 6.87. The van der Waals surface area contributed by atoms with E-state index in [4.69, 9.17) is 0 Å². The standard InChI is InChI=1S/C23H34FN3O/c24-20-10-8-19(9-11-20)16-27(21-6-2-1-3-7-21)23(28)18-25-15-12-22(17-25)26-13-4-5-14-26/h8-11,21-22H,1-7,12-18H2. The van der Waals surface area contributed by atoms with E-state index in [-0.39, 0.29) is 11.7 Å². The molecule has 1 amide bonds. The molecule has 154 valence electrons. The third-order valence-electron chi connectivity index (χ3n) is 6.87. The van der Waals surface area contributed by atoms with Crippen LogP contribution in [0.15, 0.2) is 24.3 Å². The molecule has 1 aromatic rings. The number of hydrogen-bond acceptors (Lipinski definition) is 3. The second-order valence-electron chi connectivity index (χ2n) is 8.86. The van der Waals surface area contributed by atoms with Crippen LogP contribution in [0.2, 0.25) is 0 Å². The van der Waals surface area contributed by atoms with E-state index in [1.54, 1.807) is 0 Å². The minimum atomic E-state index is -0.218.